The summed E-state index contributed by atoms with van der Waals surface area (Å²) in [6, 6.07) is 23.8. The first-order chi connectivity index (χ1) is 16.6. The molecule has 2 N–H and O–H groups in total. The molecule has 10 heteroatoms. The van der Waals surface area contributed by atoms with Crippen molar-refractivity contribution in [3.63, 3.8) is 0 Å². The zero-order valence-electron chi connectivity index (χ0n) is 17.6. The molecule has 168 valence electrons. The van der Waals surface area contributed by atoms with Gasteiger partial charge in [-0.15, -0.1) is 5.10 Å². The number of aromatic nitrogens is 2. The predicted molar refractivity (Wildman–Crippen MR) is 129 cm³/mol. The Balaban J connectivity index is 1.81. The molecule has 10 nitrogen and oxygen atoms in total. The SMILES string of the molecule is O=c1c(/C=N/N=C(\C=N\O)c2ccccc2)c(-c2ccc([N+](=O)[O-])cc2)[nH]n1-c1ccccc1. The van der Waals surface area contributed by atoms with Gasteiger partial charge in [-0.25, -0.2) is 4.68 Å². The van der Waals surface area contributed by atoms with Gasteiger partial charge in [0.05, 0.1) is 34.3 Å². The Morgan fingerprint density at radius 1 is 0.971 bits per heavy atom. The maximum atomic E-state index is 13.2. The van der Waals surface area contributed by atoms with Crippen LogP contribution in [0.1, 0.15) is 11.1 Å². The first-order valence-corrected chi connectivity index (χ1v) is 10.1. The normalized spacial score (nSPS) is 11.9. The molecule has 1 aromatic heterocycles. The van der Waals surface area contributed by atoms with Crippen molar-refractivity contribution in [3.05, 3.63) is 117 Å². The molecule has 0 fully saturated rings. The molecular weight excluding hydrogens is 436 g/mol. The van der Waals surface area contributed by atoms with E-state index in [0.29, 0.717) is 22.5 Å². The van der Waals surface area contributed by atoms with Crippen LogP contribution in [0.25, 0.3) is 16.9 Å². The Bertz CT molecular complexity index is 1440. The van der Waals surface area contributed by atoms with Crippen molar-refractivity contribution in [2.24, 2.45) is 15.4 Å². The van der Waals surface area contributed by atoms with Crippen molar-refractivity contribution in [2.45, 2.75) is 0 Å². The highest BCUT2D eigenvalue weighted by Gasteiger charge is 2.16. The van der Waals surface area contributed by atoms with E-state index in [2.05, 4.69) is 20.5 Å². The Morgan fingerprint density at radius 2 is 1.62 bits per heavy atom. The molecule has 0 aliphatic carbocycles. The number of hydrogen-bond donors (Lipinski definition) is 2. The van der Waals surface area contributed by atoms with Crippen molar-refractivity contribution in [3.8, 4) is 16.9 Å². The molecule has 0 radical (unpaired) electrons. The van der Waals surface area contributed by atoms with Gasteiger partial charge in [0.25, 0.3) is 11.2 Å². The molecule has 0 amide bonds. The lowest BCUT2D eigenvalue weighted by atomic mass is 10.1. The van der Waals surface area contributed by atoms with Crippen LogP contribution in [0.2, 0.25) is 0 Å². The largest absolute Gasteiger partial charge is 0.411 e. The summed E-state index contributed by atoms with van der Waals surface area (Å²) in [4.78, 5) is 23.7. The lowest BCUT2D eigenvalue weighted by Crippen LogP contribution is -2.17. The molecular formula is C24H18N6O4. The van der Waals surface area contributed by atoms with Crippen LogP contribution >= 0.6 is 0 Å². The van der Waals surface area contributed by atoms with E-state index in [0.717, 1.165) is 6.21 Å². The lowest BCUT2D eigenvalue weighted by Gasteiger charge is -2.02. The van der Waals surface area contributed by atoms with Crippen LogP contribution in [0, 0.1) is 10.1 Å². The summed E-state index contributed by atoms with van der Waals surface area (Å²) in [5, 5.41) is 34.2. The number of para-hydroxylation sites is 1. The van der Waals surface area contributed by atoms with E-state index in [9.17, 15) is 14.9 Å². The molecule has 0 saturated heterocycles. The van der Waals surface area contributed by atoms with Gasteiger partial charge in [0.1, 0.15) is 5.71 Å². The number of oxime groups is 1. The summed E-state index contributed by atoms with van der Waals surface area (Å²) < 4.78 is 1.36. The van der Waals surface area contributed by atoms with Crippen LogP contribution in [0.5, 0.6) is 0 Å². The molecule has 4 aromatic rings. The Hall–Kier alpha value is -5.12. The first-order valence-electron chi connectivity index (χ1n) is 10.1. The number of nitrogens with one attached hydrogen (secondary N) is 1. The third-order valence-corrected chi connectivity index (χ3v) is 4.91. The van der Waals surface area contributed by atoms with Crippen molar-refractivity contribution in [1.82, 2.24) is 9.78 Å². The van der Waals surface area contributed by atoms with E-state index < -0.39 is 4.92 Å². The summed E-state index contributed by atoms with van der Waals surface area (Å²) >= 11 is 0. The quantitative estimate of drug-likeness (QED) is 0.188. The molecule has 0 spiro atoms. The Kier molecular flexibility index (Phi) is 6.50. The maximum absolute atomic E-state index is 13.2. The summed E-state index contributed by atoms with van der Waals surface area (Å²) in [6.07, 6.45) is 2.44. The molecule has 0 aliphatic heterocycles. The van der Waals surface area contributed by atoms with Gasteiger partial charge in [-0.3, -0.25) is 20.0 Å². The molecule has 4 rings (SSSR count). The van der Waals surface area contributed by atoms with Gasteiger partial charge in [0.15, 0.2) is 0 Å². The molecule has 3 aromatic carbocycles. The minimum atomic E-state index is -0.493. The Morgan fingerprint density at radius 3 is 2.24 bits per heavy atom. The number of non-ortho nitro benzene ring substituents is 1. The van der Waals surface area contributed by atoms with E-state index in [1.165, 1.54) is 23.0 Å². The topological polar surface area (TPSA) is 138 Å². The predicted octanol–water partition coefficient (Wildman–Crippen LogP) is 4.02. The van der Waals surface area contributed by atoms with Gasteiger partial charge in [-0.1, -0.05) is 53.7 Å². The number of nitrogens with zero attached hydrogens (tertiary/aromatic N) is 5. The standard InChI is InChI=1S/C24H18N6O4/c31-24-21(15-25-27-22(16-26-32)17-7-3-1-4-8-17)23(18-11-13-20(14-12-18)30(33)34)28-29(24)19-9-5-2-6-10-19/h1-16,28,32H/b25-15+,26-16+,27-22+. The fraction of sp³-hybridized carbons (Fsp3) is 0. The molecule has 1 heterocycles. The smallest absolute Gasteiger partial charge is 0.280 e. The van der Waals surface area contributed by atoms with Crippen LogP contribution in [-0.4, -0.2) is 38.1 Å². The Labute approximate surface area is 193 Å². The molecule has 34 heavy (non-hydrogen) atoms. The number of H-pyrrole nitrogens is 1. The van der Waals surface area contributed by atoms with Crippen molar-refractivity contribution < 1.29 is 10.1 Å². The minimum absolute atomic E-state index is 0.0656. The highest BCUT2D eigenvalue weighted by molar-refractivity contribution is 6.38. The number of aromatic amines is 1. The molecule has 0 aliphatic rings. The van der Waals surface area contributed by atoms with E-state index >= 15 is 0 Å². The monoisotopic (exact) mass is 454 g/mol. The average molecular weight is 454 g/mol. The van der Waals surface area contributed by atoms with Gasteiger partial charge in [0.2, 0.25) is 0 Å². The van der Waals surface area contributed by atoms with Crippen molar-refractivity contribution >= 4 is 23.8 Å². The number of hydrogen-bond acceptors (Lipinski definition) is 7. The molecule has 0 unspecified atom stereocenters. The highest BCUT2D eigenvalue weighted by atomic mass is 16.6. The van der Waals surface area contributed by atoms with Gasteiger partial charge in [-0.2, -0.15) is 5.10 Å². The number of nitro groups is 1. The van der Waals surface area contributed by atoms with Crippen molar-refractivity contribution in [2.75, 3.05) is 0 Å². The van der Waals surface area contributed by atoms with Crippen LogP contribution in [0.4, 0.5) is 5.69 Å². The molecule has 0 atom stereocenters. The summed E-state index contributed by atoms with van der Waals surface area (Å²) in [7, 11) is 0. The van der Waals surface area contributed by atoms with Gasteiger partial charge < -0.3 is 5.21 Å². The summed E-state index contributed by atoms with van der Waals surface area (Å²) in [5.74, 6) is 0. The average Bonchev–Trinajstić information content (AvgIpc) is 3.20. The second-order valence-electron chi connectivity index (χ2n) is 7.02. The number of nitro benzene ring substituents is 1. The van der Waals surface area contributed by atoms with E-state index in [4.69, 9.17) is 5.21 Å². The van der Waals surface area contributed by atoms with Crippen LogP contribution in [0.15, 0.2) is 105 Å². The highest BCUT2D eigenvalue weighted by Crippen LogP contribution is 2.23. The van der Waals surface area contributed by atoms with E-state index in [1.807, 2.05) is 12.1 Å². The zero-order chi connectivity index (χ0) is 23.9. The number of rotatable bonds is 7. The second-order valence-corrected chi connectivity index (χ2v) is 7.02. The molecule has 0 saturated carbocycles. The van der Waals surface area contributed by atoms with Crippen LogP contribution in [-0.2, 0) is 0 Å². The van der Waals surface area contributed by atoms with E-state index in [1.54, 1.807) is 60.7 Å². The lowest BCUT2D eigenvalue weighted by molar-refractivity contribution is -0.384. The minimum Gasteiger partial charge on any atom is -0.411 e. The maximum Gasteiger partial charge on any atom is 0.280 e. The third kappa shape index (κ3) is 4.70. The number of benzene rings is 3. The van der Waals surface area contributed by atoms with Crippen LogP contribution < -0.4 is 5.56 Å². The van der Waals surface area contributed by atoms with Gasteiger partial charge in [-0.05, 0) is 24.3 Å². The fourth-order valence-corrected chi connectivity index (χ4v) is 3.27. The molecule has 0 bridgehead atoms. The first kappa shape index (κ1) is 22.1. The summed E-state index contributed by atoms with van der Waals surface area (Å²) in [5.41, 5.74) is 2.30. The van der Waals surface area contributed by atoms with E-state index in [-0.39, 0.29) is 22.5 Å². The van der Waals surface area contributed by atoms with Crippen LogP contribution in [0.3, 0.4) is 0 Å². The summed E-state index contributed by atoms with van der Waals surface area (Å²) in [6.45, 7) is 0. The van der Waals surface area contributed by atoms with Crippen molar-refractivity contribution in [1.29, 1.82) is 0 Å². The third-order valence-electron chi connectivity index (χ3n) is 4.91. The second kappa shape index (κ2) is 10.0. The fourth-order valence-electron chi connectivity index (χ4n) is 3.27. The van der Waals surface area contributed by atoms with Gasteiger partial charge in [0, 0.05) is 23.3 Å². The zero-order valence-corrected chi connectivity index (χ0v) is 17.6. The van der Waals surface area contributed by atoms with Gasteiger partial charge >= 0.3 is 0 Å².